The van der Waals surface area contributed by atoms with E-state index in [-0.39, 0.29) is 5.69 Å². The Morgan fingerprint density at radius 1 is 1.14 bits per heavy atom. The molecule has 0 radical (unpaired) electrons. The van der Waals surface area contributed by atoms with Crippen molar-refractivity contribution in [1.29, 1.82) is 0 Å². The molecule has 0 fully saturated rings. The Morgan fingerprint density at radius 3 is 2.43 bits per heavy atom. The molecule has 5 nitrogen and oxygen atoms in total. The van der Waals surface area contributed by atoms with Crippen molar-refractivity contribution in [2.75, 3.05) is 5.43 Å². The molecule has 2 aromatic carbocycles. The first-order valence-electron chi connectivity index (χ1n) is 6.70. The van der Waals surface area contributed by atoms with E-state index in [1.165, 1.54) is 17.7 Å². The maximum Gasteiger partial charge on any atom is 0.269 e. The van der Waals surface area contributed by atoms with Crippen molar-refractivity contribution in [1.82, 2.24) is 0 Å². The highest BCUT2D eigenvalue weighted by Crippen LogP contribution is 2.23. The number of para-hydroxylation sites is 1. The van der Waals surface area contributed by atoms with Crippen LogP contribution in [0.3, 0.4) is 0 Å². The van der Waals surface area contributed by atoms with E-state index in [2.05, 4.69) is 30.4 Å². The van der Waals surface area contributed by atoms with E-state index in [1.807, 2.05) is 18.2 Å². The summed E-state index contributed by atoms with van der Waals surface area (Å²) in [6, 6.07) is 14.2. The molecule has 0 atom stereocenters. The predicted octanol–water partition coefficient (Wildman–Crippen LogP) is 4.16. The third-order valence-electron chi connectivity index (χ3n) is 3.09. The molecule has 0 aliphatic rings. The van der Waals surface area contributed by atoms with Crippen LogP contribution in [0.25, 0.3) is 0 Å². The van der Waals surface area contributed by atoms with Crippen molar-refractivity contribution >= 4 is 17.6 Å². The number of hydrogen-bond donors (Lipinski definition) is 1. The highest BCUT2D eigenvalue weighted by atomic mass is 16.6. The average Bonchev–Trinajstić information content (AvgIpc) is 2.48. The van der Waals surface area contributed by atoms with Gasteiger partial charge in [0.15, 0.2) is 0 Å². The summed E-state index contributed by atoms with van der Waals surface area (Å²) in [4.78, 5) is 10.2. The SMILES string of the molecule is CC(C)c1ccccc1NN=Cc1ccc([N+](=O)[O-])cc1. The zero-order valence-corrected chi connectivity index (χ0v) is 12.0. The topological polar surface area (TPSA) is 67.5 Å². The molecule has 21 heavy (non-hydrogen) atoms. The predicted molar refractivity (Wildman–Crippen MR) is 84.8 cm³/mol. The van der Waals surface area contributed by atoms with Gasteiger partial charge in [-0.1, -0.05) is 32.0 Å². The van der Waals surface area contributed by atoms with Crippen LogP contribution in [0.1, 0.15) is 30.9 Å². The highest BCUT2D eigenvalue weighted by Gasteiger charge is 2.04. The molecule has 5 heteroatoms. The summed E-state index contributed by atoms with van der Waals surface area (Å²) >= 11 is 0. The minimum absolute atomic E-state index is 0.0743. The van der Waals surface area contributed by atoms with Crippen LogP contribution in [0.4, 0.5) is 11.4 Å². The Morgan fingerprint density at radius 2 is 1.81 bits per heavy atom. The lowest BCUT2D eigenvalue weighted by atomic mass is 10.0. The van der Waals surface area contributed by atoms with Crippen molar-refractivity contribution in [3.63, 3.8) is 0 Å². The third-order valence-corrected chi connectivity index (χ3v) is 3.09. The first-order valence-corrected chi connectivity index (χ1v) is 6.70. The maximum atomic E-state index is 10.6. The van der Waals surface area contributed by atoms with Gasteiger partial charge in [-0.05, 0) is 35.2 Å². The largest absolute Gasteiger partial charge is 0.278 e. The number of nitrogens with one attached hydrogen (secondary N) is 1. The summed E-state index contributed by atoms with van der Waals surface area (Å²) in [5, 5.41) is 14.8. The molecule has 0 saturated heterocycles. The highest BCUT2D eigenvalue weighted by molar-refractivity contribution is 5.80. The van der Waals surface area contributed by atoms with E-state index < -0.39 is 4.92 Å². The number of nitrogens with zero attached hydrogens (tertiary/aromatic N) is 2. The molecule has 108 valence electrons. The monoisotopic (exact) mass is 283 g/mol. The fraction of sp³-hybridized carbons (Fsp3) is 0.188. The summed E-state index contributed by atoms with van der Waals surface area (Å²) < 4.78 is 0. The molecule has 0 aliphatic heterocycles. The third kappa shape index (κ3) is 3.89. The molecule has 0 bridgehead atoms. The standard InChI is InChI=1S/C16H17N3O2/c1-12(2)15-5-3-4-6-16(15)18-17-11-13-7-9-14(10-8-13)19(20)21/h3-12,18H,1-2H3. The van der Waals surface area contributed by atoms with Gasteiger partial charge in [-0.15, -0.1) is 0 Å². The molecule has 0 heterocycles. The van der Waals surface area contributed by atoms with Gasteiger partial charge in [-0.2, -0.15) is 5.10 Å². The Hall–Kier alpha value is -2.69. The number of anilines is 1. The molecule has 0 spiro atoms. The Labute approximate surface area is 123 Å². The summed E-state index contributed by atoms with van der Waals surface area (Å²) in [6.07, 6.45) is 1.64. The van der Waals surface area contributed by atoms with Crippen LogP contribution in [0.5, 0.6) is 0 Å². The average molecular weight is 283 g/mol. The molecule has 1 N–H and O–H groups in total. The Kier molecular flexibility index (Phi) is 4.66. The number of nitro benzene ring substituents is 1. The van der Waals surface area contributed by atoms with Crippen molar-refractivity contribution in [2.45, 2.75) is 19.8 Å². The Balaban J connectivity index is 2.07. The molecule has 2 rings (SSSR count). The zero-order chi connectivity index (χ0) is 15.2. The Bertz CT molecular complexity index is 649. The van der Waals surface area contributed by atoms with E-state index in [9.17, 15) is 10.1 Å². The fourth-order valence-corrected chi connectivity index (χ4v) is 1.96. The van der Waals surface area contributed by atoms with Crippen LogP contribution in [-0.2, 0) is 0 Å². The first-order chi connectivity index (χ1) is 10.1. The number of hydrazone groups is 1. The number of rotatable bonds is 5. The van der Waals surface area contributed by atoms with Crippen LogP contribution in [0.2, 0.25) is 0 Å². The first kappa shape index (κ1) is 14.7. The minimum Gasteiger partial charge on any atom is -0.278 e. The van der Waals surface area contributed by atoms with Gasteiger partial charge in [0.25, 0.3) is 5.69 Å². The van der Waals surface area contributed by atoms with Crippen LogP contribution in [-0.4, -0.2) is 11.1 Å². The van der Waals surface area contributed by atoms with Gasteiger partial charge in [0.05, 0.1) is 16.8 Å². The van der Waals surface area contributed by atoms with E-state index in [0.717, 1.165) is 11.3 Å². The van der Waals surface area contributed by atoms with Gasteiger partial charge in [-0.3, -0.25) is 15.5 Å². The molecule has 0 amide bonds. The number of nitro groups is 1. The summed E-state index contributed by atoms with van der Waals surface area (Å²) in [5.41, 5.74) is 6.05. The van der Waals surface area contributed by atoms with Crippen LogP contribution < -0.4 is 5.43 Å². The molecule has 0 unspecified atom stereocenters. The number of non-ortho nitro benzene ring substituents is 1. The van der Waals surface area contributed by atoms with Gasteiger partial charge < -0.3 is 0 Å². The van der Waals surface area contributed by atoms with E-state index >= 15 is 0 Å². The molecule has 0 aliphatic carbocycles. The zero-order valence-electron chi connectivity index (χ0n) is 12.0. The van der Waals surface area contributed by atoms with Gasteiger partial charge in [0.2, 0.25) is 0 Å². The van der Waals surface area contributed by atoms with Crippen LogP contribution >= 0.6 is 0 Å². The normalized spacial score (nSPS) is 11.0. The summed E-state index contributed by atoms with van der Waals surface area (Å²) in [5.74, 6) is 0.406. The van der Waals surface area contributed by atoms with E-state index in [1.54, 1.807) is 18.3 Å². The summed E-state index contributed by atoms with van der Waals surface area (Å²) in [6.45, 7) is 4.25. The second-order valence-corrected chi connectivity index (χ2v) is 4.96. The van der Waals surface area contributed by atoms with Gasteiger partial charge >= 0.3 is 0 Å². The number of benzene rings is 2. The van der Waals surface area contributed by atoms with Crippen molar-refractivity contribution in [3.8, 4) is 0 Å². The maximum absolute atomic E-state index is 10.6. The lowest BCUT2D eigenvalue weighted by molar-refractivity contribution is -0.384. The smallest absolute Gasteiger partial charge is 0.269 e. The van der Waals surface area contributed by atoms with Crippen molar-refractivity contribution < 1.29 is 4.92 Å². The quantitative estimate of drug-likeness (QED) is 0.509. The second kappa shape index (κ2) is 6.65. The summed E-state index contributed by atoms with van der Waals surface area (Å²) in [7, 11) is 0. The van der Waals surface area contributed by atoms with E-state index in [0.29, 0.717) is 5.92 Å². The lowest BCUT2D eigenvalue weighted by Crippen LogP contribution is -1.97. The number of hydrogen-bond acceptors (Lipinski definition) is 4. The van der Waals surface area contributed by atoms with Crippen LogP contribution in [0, 0.1) is 10.1 Å². The van der Waals surface area contributed by atoms with Gasteiger partial charge in [0.1, 0.15) is 0 Å². The molecular formula is C16H17N3O2. The fourth-order valence-electron chi connectivity index (χ4n) is 1.96. The molecular weight excluding hydrogens is 266 g/mol. The minimum atomic E-state index is -0.419. The second-order valence-electron chi connectivity index (χ2n) is 4.96. The molecule has 2 aromatic rings. The van der Waals surface area contributed by atoms with Gasteiger partial charge in [0, 0.05) is 12.1 Å². The molecule has 0 aromatic heterocycles. The van der Waals surface area contributed by atoms with Gasteiger partial charge in [-0.25, -0.2) is 0 Å². The van der Waals surface area contributed by atoms with Crippen molar-refractivity contribution in [2.24, 2.45) is 5.10 Å². The van der Waals surface area contributed by atoms with E-state index in [4.69, 9.17) is 0 Å². The molecule has 0 saturated carbocycles. The lowest BCUT2D eigenvalue weighted by Gasteiger charge is -2.11. The van der Waals surface area contributed by atoms with Crippen LogP contribution in [0.15, 0.2) is 53.6 Å². The van der Waals surface area contributed by atoms with Crippen molar-refractivity contribution in [3.05, 3.63) is 69.8 Å².